The number of aromatic amines is 1. The lowest BCUT2D eigenvalue weighted by Gasteiger charge is -2.32. The van der Waals surface area contributed by atoms with Crippen LogP contribution in [0.25, 0.3) is 21.9 Å². The first-order valence-corrected chi connectivity index (χ1v) is 9.89. The molecule has 1 aliphatic heterocycles. The number of piperidine rings is 1. The van der Waals surface area contributed by atoms with Crippen LogP contribution in [0.3, 0.4) is 0 Å². The molecule has 0 amide bonds. The number of aromatic nitrogens is 3. The van der Waals surface area contributed by atoms with Crippen LogP contribution in [0.1, 0.15) is 31.2 Å². The van der Waals surface area contributed by atoms with E-state index in [2.05, 4.69) is 21.0 Å². The molecule has 1 aliphatic rings. The number of fused-ring (bicyclic) bond motifs is 3. The predicted molar refractivity (Wildman–Crippen MR) is 94.4 cm³/mol. The molecule has 24 heavy (non-hydrogen) atoms. The summed E-state index contributed by atoms with van der Waals surface area (Å²) < 4.78 is 26.2. The molecule has 1 saturated heterocycles. The van der Waals surface area contributed by atoms with Crippen LogP contribution in [0.4, 0.5) is 0 Å². The Hall–Kier alpha value is -1.99. The first-order chi connectivity index (χ1) is 11.6. The molecular formula is C17H20N4O2S. The van der Waals surface area contributed by atoms with Crippen molar-refractivity contribution in [3.8, 4) is 0 Å². The Bertz CT molecular complexity index is 996. The zero-order valence-electron chi connectivity index (χ0n) is 13.6. The molecule has 1 unspecified atom stereocenters. The predicted octanol–water partition coefficient (Wildman–Crippen LogP) is 2.64. The molecule has 1 fully saturated rings. The maximum absolute atomic E-state index is 12.3. The molecule has 4 heterocycles. The van der Waals surface area contributed by atoms with Crippen molar-refractivity contribution < 1.29 is 8.42 Å². The van der Waals surface area contributed by atoms with Gasteiger partial charge in [0.25, 0.3) is 0 Å². The van der Waals surface area contributed by atoms with Crippen LogP contribution in [-0.2, 0) is 10.0 Å². The molecule has 0 spiro atoms. The Balaban J connectivity index is 1.83. The fourth-order valence-electron chi connectivity index (χ4n) is 3.66. The summed E-state index contributed by atoms with van der Waals surface area (Å²) in [4.78, 5) is 11.9. The van der Waals surface area contributed by atoms with Crippen LogP contribution in [0, 0.1) is 0 Å². The third-order valence-electron chi connectivity index (χ3n) is 4.91. The van der Waals surface area contributed by atoms with Gasteiger partial charge < -0.3 is 4.98 Å². The monoisotopic (exact) mass is 344 g/mol. The molecule has 0 bridgehead atoms. The van der Waals surface area contributed by atoms with E-state index in [9.17, 15) is 8.42 Å². The average molecular weight is 344 g/mol. The minimum atomic E-state index is -3.15. The van der Waals surface area contributed by atoms with Crippen LogP contribution in [0.2, 0.25) is 0 Å². The van der Waals surface area contributed by atoms with Crippen molar-refractivity contribution in [2.24, 2.45) is 0 Å². The Morgan fingerprint density at radius 2 is 2.21 bits per heavy atom. The summed E-state index contributed by atoms with van der Waals surface area (Å²) in [7, 11) is -3.15. The van der Waals surface area contributed by atoms with Crippen molar-refractivity contribution in [3.05, 3.63) is 36.3 Å². The number of rotatable bonds is 3. The largest absolute Gasteiger partial charge is 0.360 e. The minimum Gasteiger partial charge on any atom is -0.360 e. The third kappa shape index (κ3) is 2.48. The van der Waals surface area contributed by atoms with Gasteiger partial charge in [-0.3, -0.25) is 0 Å². The second kappa shape index (κ2) is 5.82. The second-order valence-corrected chi connectivity index (χ2v) is 8.52. The van der Waals surface area contributed by atoms with Crippen molar-refractivity contribution in [1.82, 2.24) is 19.3 Å². The van der Waals surface area contributed by atoms with Gasteiger partial charge >= 0.3 is 0 Å². The fourth-order valence-corrected chi connectivity index (χ4v) is 4.84. The molecule has 126 valence electrons. The molecule has 4 rings (SSSR count). The zero-order valence-corrected chi connectivity index (χ0v) is 14.4. The summed E-state index contributed by atoms with van der Waals surface area (Å²) in [5.41, 5.74) is 2.88. The van der Waals surface area contributed by atoms with Gasteiger partial charge in [0, 0.05) is 36.3 Å². The number of H-pyrrole nitrogens is 1. The number of nitrogens with one attached hydrogen (secondary N) is 1. The molecule has 0 saturated carbocycles. The third-order valence-corrected chi connectivity index (χ3v) is 6.75. The number of pyridine rings is 2. The van der Waals surface area contributed by atoms with Gasteiger partial charge in [0.1, 0.15) is 0 Å². The summed E-state index contributed by atoms with van der Waals surface area (Å²) >= 11 is 0. The normalized spacial score (nSPS) is 20.0. The lowest BCUT2D eigenvalue weighted by molar-refractivity contribution is 0.317. The average Bonchev–Trinajstić information content (AvgIpc) is 3.10. The van der Waals surface area contributed by atoms with Gasteiger partial charge in [0.2, 0.25) is 10.0 Å². The number of hydrogen-bond donors (Lipinski definition) is 1. The second-order valence-electron chi connectivity index (χ2n) is 6.26. The number of sulfonamides is 1. The van der Waals surface area contributed by atoms with Crippen molar-refractivity contribution in [2.45, 2.75) is 25.7 Å². The Labute approximate surface area is 141 Å². The Kier molecular flexibility index (Phi) is 3.77. The van der Waals surface area contributed by atoms with Crippen LogP contribution in [0.5, 0.6) is 0 Å². The van der Waals surface area contributed by atoms with Crippen molar-refractivity contribution >= 4 is 32.0 Å². The summed E-state index contributed by atoms with van der Waals surface area (Å²) in [6, 6.07) is 4.05. The van der Waals surface area contributed by atoms with Gasteiger partial charge in [-0.05, 0) is 43.4 Å². The van der Waals surface area contributed by atoms with E-state index in [0.29, 0.717) is 13.1 Å². The van der Waals surface area contributed by atoms with E-state index in [1.54, 1.807) is 23.6 Å². The highest BCUT2D eigenvalue weighted by Crippen LogP contribution is 2.35. The van der Waals surface area contributed by atoms with E-state index in [1.165, 1.54) is 5.56 Å². The molecule has 3 aromatic heterocycles. The van der Waals surface area contributed by atoms with Crippen LogP contribution < -0.4 is 0 Å². The summed E-state index contributed by atoms with van der Waals surface area (Å²) in [5, 5.41) is 2.13. The van der Waals surface area contributed by atoms with Gasteiger partial charge in [0.15, 0.2) is 5.65 Å². The molecule has 1 N–H and O–H groups in total. The van der Waals surface area contributed by atoms with Crippen molar-refractivity contribution in [1.29, 1.82) is 0 Å². The summed E-state index contributed by atoms with van der Waals surface area (Å²) in [5.74, 6) is 0.349. The zero-order chi connectivity index (χ0) is 16.7. The number of nitrogens with zero attached hydrogens (tertiary/aromatic N) is 3. The lowest BCUT2D eigenvalue weighted by atomic mass is 9.89. The maximum Gasteiger partial charge on any atom is 0.213 e. The SMILES string of the molecule is CCS(=O)(=O)N1CCCC(c2cc[nH]c3cnc4nccc4c23)C1. The molecule has 6 nitrogen and oxygen atoms in total. The minimum absolute atomic E-state index is 0.157. The topological polar surface area (TPSA) is 79.0 Å². The molecule has 0 aromatic carbocycles. The molecule has 3 aromatic rings. The first kappa shape index (κ1) is 15.5. The Morgan fingerprint density at radius 3 is 3.04 bits per heavy atom. The molecular weight excluding hydrogens is 324 g/mol. The molecule has 1 atom stereocenters. The lowest BCUT2D eigenvalue weighted by Crippen LogP contribution is -2.39. The van der Waals surface area contributed by atoms with E-state index in [1.807, 2.05) is 12.3 Å². The Morgan fingerprint density at radius 1 is 1.33 bits per heavy atom. The molecule has 0 radical (unpaired) electrons. The highest BCUT2D eigenvalue weighted by Gasteiger charge is 2.29. The summed E-state index contributed by atoms with van der Waals surface area (Å²) in [6.45, 7) is 2.88. The highest BCUT2D eigenvalue weighted by atomic mass is 32.2. The molecule has 0 aliphatic carbocycles. The van der Waals surface area contributed by atoms with Gasteiger partial charge in [-0.1, -0.05) is 0 Å². The smallest absolute Gasteiger partial charge is 0.213 e. The quantitative estimate of drug-likeness (QED) is 0.792. The van der Waals surface area contributed by atoms with E-state index >= 15 is 0 Å². The van der Waals surface area contributed by atoms with Gasteiger partial charge in [-0.25, -0.2) is 22.7 Å². The van der Waals surface area contributed by atoms with Gasteiger partial charge in [-0.15, -0.1) is 0 Å². The van der Waals surface area contributed by atoms with E-state index in [-0.39, 0.29) is 11.7 Å². The van der Waals surface area contributed by atoms with E-state index < -0.39 is 10.0 Å². The number of hydrogen-bond acceptors (Lipinski definition) is 4. The van der Waals surface area contributed by atoms with Crippen molar-refractivity contribution in [2.75, 3.05) is 18.8 Å². The van der Waals surface area contributed by atoms with Crippen molar-refractivity contribution in [3.63, 3.8) is 0 Å². The summed E-state index contributed by atoms with van der Waals surface area (Å²) in [6.07, 6.45) is 7.36. The molecule has 7 heteroatoms. The fraction of sp³-hybridized carbons (Fsp3) is 0.412. The highest BCUT2D eigenvalue weighted by molar-refractivity contribution is 7.89. The van der Waals surface area contributed by atoms with Gasteiger partial charge in [-0.2, -0.15) is 0 Å². The standard InChI is InChI=1S/C17H20N4O2S/c1-2-24(22,23)21-9-3-4-12(11-21)13-5-7-18-15-10-20-17-14(16(13)15)6-8-19-17/h5-8,10,12,18H,2-4,9,11H2,1H3. The van der Waals surface area contributed by atoms with Gasteiger partial charge in [0.05, 0.1) is 17.5 Å². The van der Waals surface area contributed by atoms with Crippen LogP contribution >= 0.6 is 0 Å². The first-order valence-electron chi connectivity index (χ1n) is 8.28. The van der Waals surface area contributed by atoms with E-state index in [0.717, 1.165) is 34.8 Å². The van der Waals surface area contributed by atoms with E-state index in [4.69, 9.17) is 0 Å². The van der Waals surface area contributed by atoms with Crippen LogP contribution in [-0.4, -0.2) is 46.5 Å². The maximum atomic E-state index is 12.3. The van der Waals surface area contributed by atoms with Crippen LogP contribution in [0.15, 0.2) is 30.7 Å².